The second-order valence-electron chi connectivity index (χ2n) is 4.31. The fourth-order valence-electron chi connectivity index (χ4n) is 2.01. The Bertz CT molecular complexity index is 555. The zero-order valence-corrected chi connectivity index (χ0v) is 14.1. The second-order valence-corrected chi connectivity index (χ2v) is 6.35. The number of rotatable bonds is 4. The van der Waals surface area contributed by atoms with Crippen molar-refractivity contribution in [1.29, 1.82) is 0 Å². The molecule has 1 nitrogen and oxygen atoms in total. The number of hydrogen-bond donors (Lipinski definition) is 1. The summed E-state index contributed by atoms with van der Waals surface area (Å²) >= 11 is 14.7. The van der Waals surface area contributed by atoms with Gasteiger partial charge < -0.3 is 5.32 Å². The van der Waals surface area contributed by atoms with Gasteiger partial charge in [0.25, 0.3) is 0 Å². The molecule has 0 aliphatic heterocycles. The normalized spacial score (nSPS) is 12.4. The van der Waals surface area contributed by atoms with Crippen molar-refractivity contribution < 1.29 is 0 Å². The lowest BCUT2D eigenvalue weighted by molar-refractivity contribution is 0.592. The smallest absolute Gasteiger partial charge is 0.0640 e. The first-order chi connectivity index (χ1) is 9.11. The summed E-state index contributed by atoms with van der Waals surface area (Å²) < 4.78 is 1.24. The van der Waals surface area contributed by atoms with Crippen LogP contribution in [0.3, 0.4) is 0 Å². The van der Waals surface area contributed by atoms with Crippen LogP contribution in [0.4, 0.5) is 0 Å². The minimum atomic E-state index is 0.159. The molecule has 2 aromatic carbocycles. The van der Waals surface area contributed by atoms with Gasteiger partial charge in [0.1, 0.15) is 0 Å². The summed E-state index contributed by atoms with van der Waals surface area (Å²) in [5.74, 6) is 0. The predicted octanol–water partition coefficient (Wildman–Crippen LogP) is 5.10. The van der Waals surface area contributed by atoms with Gasteiger partial charge in [0, 0.05) is 9.61 Å². The van der Waals surface area contributed by atoms with Crippen molar-refractivity contribution in [2.45, 2.75) is 12.5 Å². The van der Waals surface area contributed by atoms with Crippen molar-refractivity contribution in [2.75, 3.05) is 7.05 Å². The van der Waals surface area contributed by atoms with E-state index in [0.717, 1.165) is 12.0 Å². The Kier molecular flexibility index (Phi) is 5.51. The van der Waals surface area contributed by atoms with Crippen molar-refractivity contribution in [1.82, 2.24) is 5.32 Å². The molecular formula is C15H14Cl2IN. The van der Waals surface area contributed by atoms with E-state index in [1.807, 2.05) is 25.2 Å². The summed E-state index contributed by atoms with van der Waals surface area (Å²) in [5, 5.41) is 4.54. The van der Waals surface area contributed by atoms with Gasteiger partial charge in [-0.3, -0.25) is 0 Å². The van der Waals surface area contributed by atoms with E-state index in [9.17, 15) is 0 Å². The summed E-state index contributed by atoms with van der Waals surface area (Å²) in [7, 11) is 1.94. The lowest BCUT2D eigenvalue weighted by atomic mass is 9.99. The molecule has 0 fully saturated rings. The number of likely N-dealkylation sites (N-methyl/N-ethyl adjacent to an activating group) is 1. The van der Waals surface area contributed by atoms with Crippen LogP contribution in [-0.4, -0.2) is 7.05 Å². The van der Waals surface area contributed by atoms with Crippen LogP contribution >= 0.6 is 45.8 Å². The zero-order chi connectivity index (χ0) is 13.8. The van der Waals surface area contributed by atoms with Crippen LogP contribution in [-0.2, 0) is 6.42 Å². The van der Waals surface area contributed by atoms with E-state index < -0.39 is 0 Å². The van der Waals surface area contributed by atoms with Crippen molar-refractivity contribution in [3.63, 3.8) is 0 Å². The van der Waals surface area contributed by atoms with Crippen molar-refractivity contribution in [2.24, 2.45) is 0 Å². The van der Waals surface area contributed by atoms with E-state index in [1.165, 1.54) is 9.13 Å². The van der Waals surface area contributed by atoms with E-state index in [4.69, 9.17) is 23.2 Å². The quantitative estimate of drug-likeness (QED) is 0.697. The second kappa shape index (κ2) is 6.93. The van der Waals surface area contributed by atoms with E-state index in [1.54, 1.807) is 0 Å². The van der Waals surface area contributed by atoms with Gasteiger partial charge in [-0.05, 0) is 65.4 Å². The van der Waals surface area contributed by atoms with Gasteiger partial charge in [-0.15, -0.1) is 0 Å². The molecule has 0 spiro atoms. The maximum Gasteiger partial charge on any atom is 0.0640 e. The minimum absolute atomic E-state index is 0.159. The van der Waals surface area contributed by atoms with Gasteiger partial charge in [0.05, 0.1) is 10.0 Å². The van der Waals surface area contributed by atoms with Crippen LogP contribution in [0.5, 0.6) is 0 Å². The Morgan fingerprint density at radius 1 is 1.11 bits per heavy atom. The largest absolute Gasteiger partial charge is 0.313 e. The van der Waals surface area contributed by atoms with E-state index in [-0.39, 0.29) is 6.04 Å². The van der Waals surface area contributed by atoms with Crippen molar-refractivity contribution >= 4 is 45.8 Å². The average Bonchev–Trinajstić information content (AvgIpc) is 2.42. The monoisotopic (exact) mass is 405 g/mol. The van der Waals surface area contributed by atoms with E-state index >= 15 is 0 Å². The Morgan fingerprint density at radius 2 is 1.79 bits per heavy atom. The highest BCUT2D eigenvalue weighted by Gasteiger charge is 2.15. The Balaban J connectivity index is 2.25. The summed E-state index contributed by atoms with van der Waals surface area (Å²) in [6, 6.07) is 14.4. The first kappa shape index (κ1) is 15.1. The molecule has 0 aliphatic carbocycles. The van der Waals surface area contributed by atoms with Gasteiger partial charge in [0.15, 0.2) is 0 Å². The van der Waals surface area contributed by atoms with Gasteiger partial charge >= 0.3 is 0 Å². The molecular weight excluding hydrogens is 392 g/mol. The summed E-state index contributed by atoms with van der Waals surface area (Å²) in [5.41, 5.74) is 2.31. The first-order valence-electron chi connectivity index (χ1n) is 5.97. The molecule has 4 heteroatoms. The molecule has 0 aromatic heterocycles. The lowest BCUT2D eigenvalue weighted by Crippen LogP contribution is -2.19. The molecule has 0 radical (unpaired) electrons. The number of hydrogen-bond acceptors (Lipinski definition) is 1. The molecule has 100 valence electrons. The van der Waals surface area contributed by atoms with Crippen LogP contribution < -0.4 is 5.32 Å². The molecule has 0 amide bonds. The lowest BCUT2D eigenvalue weighted by Gasteiger charge is -2.18. The SMILES string of the molecule is CNC(Cc1ccc(I)cc1)c1cccc(Cl)c1Cl. The maximum absolute atomic E-state index is 6.29. The minimum Gasteiger partial charge on any atom is -0.313 e. The summed E-state index contributed by atoms with van der Waals surface area (Å²) in [6.07, 6.45) is 0.882. The molecule has 0 saturated carbocycles. The maximum atomic E-state index is 6.29. The molecule has 0 aliphatic rings. The Hall–Kier alpha value is -0.290. The summed E-state index contributed by atoms with van der Waals surface area (Å²) in [4.78, 5) is 0. The Morgan fingerprint density at radius 3 is 2.42 bits per heavy atom. The predicted molar refractivity (Wildman–Crippen MR) is 91.1 cm³/mol. The van der Waals surface area contributed by atoms with Gasteiger partial charge in [0.2, 0.25) is 0 Å². The molecule has 2 aromatic rings. The standard InChI is InChI=1S/C15H14Cl2IN/c1-19-14(9-10-5-7-11(18)8-6-10)12-3-2-4-13(16)15(12)17/h2-8,14,19H,9H2,1H3. The van der Waals surface area contributed by atoms with Crippen LogP contribution in [0.15, 0.2) is 42.5 Å². The molecule has 0 heterocycles. The third-order valence-electron chi connectivity index (χ3n) is 3.06. The average molecular weight is 406 g/mol. The van der Waals surface area contributed by atoms with E-state index in [0.29, 0.717) is 10.0 Å². The molecule has 1 N–H and O–H groups in total. The Labute approximate surface area is 137 Å². The van der Waals surface area contributed by atoms with Gasteiger partial charge in [-0.2, -0.15) is 0 Å². The highest BCUT2D eigenvalue weighted by molar-refractivity contribution is 14.1. The fraction of sp³-hybridized carbons (Fsp3) is 0.200. The number of nitrogens with one attached hydrogen (secondary N) is 1. The van der Waals surface area contributed by atoms with Crippen LogP contribution in [0.1, 0.15) is 17.2 Å². The van der Waals surface area contributed by atoms with Gasteiger partial charge in [-0.25, -0.2) is 0 Å². The number of benzene rings is 2. The van der Waals surface area contributed by atoms with Gasteiger partial charge in [-0.1, -0.05) is 47.5 Å². The molecule has 19 heavy (non-hydrogen) atoms. The highest BCUT2D eigenvalue weighted by atomic mass is 127. The number of halogens is 3. The van der Waals surface area contributed by atoms with Crippen LogP contribution in [0.25, 0.3) is 0 Å². The topological polar surface area (TPSA) is 12.0 Å². The highest BCUT2D eigenvalue weighted by Crippen LogP contribution is 2.31. The molecule has 0 saturated heterocycles. The zero-order valence-electron chi connectivity index (χ0n) is 10.5. The molecule has 1 atom stereocenters. The molecule has 1 unspecified atom stereocenters. The van der Waals surface area contributed by atoms with Crippen LogP contribution in [0, 0.1) is 3.57 Å². The molecule has 2 rings (SSSR count). The molecule has 0 bridgehead atoms. The van der Waals surface area contributed by atoms with Crippen LogP contribution in [0.2, 0.25) is 10.0 Å². The third kappa shape index (κ3) is 3.85. The fourth-order valence-corrected chi connectivity index (χ4v) is 2.81. The summed E-state index contributed by atoms with van der Waals surface area (Å²) in [6.45, 7) is 0. The third-order valence-corrected chi connectivity index (χ3v) is 4.61. The van der Waals surface area contributed by atoms with Crippen molar-refractivity contribution in [3.05, 3.63) is 67.2 Å². The van der Waals surface area contributed by atoms with E-state index in [2.05, 4.69) is 52.2 Å². The first-order valence-corrected chi connectivity index (χ1v) is 7.81. The van der Waals surface area contributed by atoms with Crippen molar-refractivity contribution in [3.8, 4) is 0 Å².